The number of amides is 1. The van der Waals surface area contributed by atoms with Gasteiger partial charge in [-0.3, -0.25) is 19.1 Å². The Morgan fingerprint density at radius 2 is 1.70 bits per heavy atom. The van der Waals surface area contributed by atoms with Gasteiger partial charge in [-0.05, 0) is 23.8 Å². The minimum absolute atomic E-state index is 0.186. The van der Waals surface area contributed by atoms with Crippen LogP contribution in [0.4, 0.5) is 32.0 Å². The highest BCUT2D eigenvalue weighted by molar-refractivity contribution is 7.86. The van der Waals surface area contributed by atoms with Crippen molar-refractivity contribution < 1.29 is 48.7 Å². The summed E-state index contributed by atoms with van der Waals surface area (Å²) in [5.74, 6) is -6.47. The zero-order chi connectivity index (χ0) is 29.4. The van der Waals surface area contributed by atoms with Crippen LogP contribution in [0.2, 0.25) is 0 Å². The Hall–Kier alpha value is -4.06. The van der Waals surface area contributed by atoms with Gasteiger partial charge in [-0.1, -0.05) is 0 Å². The molecule has 214 valence electrons. The van der Waals surface area contributed by atoms with Crippen LogP contribution < -0.4 is 0 Å². The van der Waals surface area contributed by atoms with E-state index >= 15 is 0 Å². The van der Waals surface area contributed by atoms with Gasteiger partial charge in [-0.2, -0.15) is 21.6 Å². The zero-order valence-electron chi connectivity index (χ0n) is 19.9. The molecule has 1 aliphatic heterocycles. The molecule has 0 saturated heterocycles. The summed E-state index contributed by atoms with van der Waals surface area (Å²) in [6.07, 6.45) is -7.98. The fraction of sp³-hybridized carbons (Fsp3) is 0.318. The van der Waals surface area contributed by atoms with Crippen LogP contribution in [0.15, 0.2) is 41.3 Å². The second kappa shape index (κ2) is 10.8. The Kier molecular flexibility index (Phi) is 7.84. The molecule has 0 radical (unpaired) electrons. The smallest absolute Gasteiger partial charge is 0.333 e. The van der Waals surface area contributed by atoms with E-state index in [0.29, 0.717) is 6.07 Å². The van der Waals surface area contributed by atoms with Gasteiger partial charge in [0.25, 0.3) is 15.8 Å². The monoisotopic (exact) mass is 593 g/mol. The second-order valence-electron chi connectivity index (χ2n) is 8.59. The predicted octanol–water partition coefficient (Wildman–Crippen LogP) is 3.37. The van der Waals surface area contributed by atoms with Gasteiger partial charge < -0.3 is 9.47 Å². The molecular formula is C22H17F6N5O6S. The Labute approximate surface area is 221 Å². The number of aromatic nitrogens is 3. The molecule has 1 amide bonds. The Morgan fingerprint density at radius 1 is 1.05 bits per heavy atom. The van der Waals surface area contributed by atoms with Gasteiger partial charge in [0.05, 0.1) is 28.9 Å². The predicted molar refractivity (Wildman–Crippen MR) is 120 cm³/mol. The van der Waals surface area contributed by atoms with E-state index in [0.717, 1.165) is 33.7 Å². The average molecular weight is 593 g/mol. The van der Waals surface area contributed by atoms with Gasteiger partial charge in [0.1, 0.15) is 5.82 Å². The van der Waals surface area contributed by atoms with E-state index in [2.05, 4.69) is 10.2 Å². The van der Waals surface area contributed by atoms with Crippen molar-refractivity contribution in [2.75, 3.05) is 6.54 Å². The van der Waals surface area contributed by atoms with Gasteiger partial charge in [0.15, 0.2) is 17.5 Å². The first-order valence-electron chi connectivity index (χ1n) is 11.2. The van der Waals surface area contributed by atoms with Gasteiger partial charge in [0, 0.05) is 37.7 Å². The lowest BCUT2D eigenvalue weighted by molar-refractivity contribution is -0.384. The normalized spacial score (nSPS) is 14.6. The number of alkyl halides is 3. The minimum atomic E-state index is -4.78. The van der Waals surface area contributed by atoms with E-state index in [1.165, 1.54) is 0 Å². The fourth-order valence-electron chi connectivity index (χ4n) is 3.98. The van der Waals surface area contributed by atoms with Crippen LogP contribution in [0, 0.1) is 27.6 Å². The van der Waals surface area contributed by atoms with Crippen molar-refractivity contribution in [1.82, 2.24) is 19.7 Å². The van der Waals surface area contributed by atoms with E-state index in [4.69, 9.17) is 4.18 Å². The summed E-state index contributed by atoms with van der Waals surface area (Å²) >= 11 is 0. The van der Waals surface area contributed by atoms with Crippen LogP contribution >= 0.6 is 0 Å². The maximum Gasteiger partial charge on any atom is 0.451 e. The molecule has 11 nitrogen and oxygen atoms in total. The third-order valence-electron chi connectivity index (χ3n) is 5.90. The molecule has 0 spiro atoms. The molecule has 18 heteroatoms. The molecule has 4 rings (SSSR count). The first-order valence-corrected chi connectivity index (χ1v) is 12.6. The third-order valence-corrected chi connectivity index (χ3v) is 7.27. The van der Waals surface area contributed by atoms with E-state index in [9.17, 15) is 49.7 Å². The number of carbonyl (C=O) groups excluding carboxylic acids is 1. The van der Waals surface area contributed by atoms with Crippen molar-refractivity contribution >= 4 is 21.7 Å². The number of benzene rings is 2. The number of nitrogens with zero attached hydrogens (tertiary/aromatic N) is 5. The maximum absolute atomic E-state index is 14.3. The topological polar surface area (TPSA) is 138 Å². The number of hydrogen-bond donors (Lipinski definition) is 0. The molecule has 0 saturated carbocycles. The Bertz CT molecular complexity index is 1560. The summed E-state index contributed by atoms with van der Waals surface area (Å²) in [6.45, 7) is -0.981. The number of fused-ring (bicyclic) bond motifs is 1. The maximum atomic E-state index is 14.3. The van der Waals surface area contributed by atoms with E-state index in [1.54, 1.807) is 0 Å². The first kappa shape index (κ1) is 28.9. The van der Waals surface area contributed by atoms with E-state index in [1.807, 2.05) is 0 Å². The molecule has 1 atom stereocenters. The minimum Gasteiger partial charge on any atom is -0.333 e. The molecule has 1 aromatic heterocycles. The second-order valence-corrected chi connectivity index (χ2v) is 10.2. The molecule has 1 aliphatic rings. The standard InChI is InChI=1S/C22H17F6N5O6S/c23-16-10-18(25)17(24)8-12(16)7-14(39-40(37,38)15-3-1-13(2-4-15)33(35)36)9-20(34)31-5-6-32-19(11-31)29-30-21(32)22(26,27)28/h1-4,8,10,14H,5-7,9,11H2/t14-/m0/s1. The van der Waals surface area contributed by atoms with Crippen molar-refractivity contribution in [1.29, 1.82) is 0 Å². The van der Waals surface area contributed by atoms with E-state index < -0.39 is 92.0 Å². The molecule has 2 heterocycles. The SMILES string of the molecule is O=C(C[C@H](Cc1cc(F)c(F)cc1F)OS(=O)(=O)c1ccc([N+](=O)[O-])cc1)N1CCn2c(nnc2C(F)(F)F)C1. The summed E-state index contributed by atoms with van der Waals surface area (Å²) in [5, 5.41) is 17.4. The highest BCUT2D eigenvalue weighted by Gasteiger charge is 2.40. The molecule has 2 aromatic carbocycles. The van der Waals surface area contributed by atoms with Gasteiger partial charge >= 0.3 is 6.18 Å². The highest BCUT2D eigenvalue weighted by atomic mass is 32.2. The molecule has 0 N–H and O–H groups in total. The van der Waals surface area contributed by atoms with Gasteiger partial charge in [0.2, 0.25) is 11.7 Å². The number of carbonyl (C=O) groups is 1. The number of hydrogen-bond acceptors (Lipinski definition) is 8. The molecule has 0 bridgehead atoms. The number of nitro benzene ring substituents is 1. The number of rotatable bonds is 8. The van der Waals surface area contributed by atoms with Crippen molar-refractivity contribution in [3.8, 4) is 0 Å². The van der Waals surface area contributed by atoms with Crippen LogP contribution in [0.25, 0.3) is 0 Å². The number of halogens is 6. The lowest BCUT2D eigenvalue weighted by Crippen LogP contribution is -2.41. The zero-order valence-corrected chi connectivity index (χ0v) is 20.8. The summed E-state index contributed by atoms with van der Waals surface area (Å²) in [7, 11) is -4.73. The largest absolute Gasteiger partial charge is 0.451 e. The van der Waals surface area contributed by atoms with Gasteiger partial charge in [-0.15, -0.1) is 10.2 Å². The van der Waals surface area contributed by atoms with Crippen LogP contribution in [0.3, 0.4) is 0 Å². The Balaban J connectivity index is 1.58. The molecule has 3 aromatic rings. The van der Waals surface area contributed by atoms with Crippen molar-refractivity contribution in [2.24, 2.45) is 0 Å². The van der Waals surface area contributed by atoms with Crippen LogP contribution in [0.5, 0.6) is 0 Å². The van der Waals surface area contributed by atoms with Crippen LogP contribution in [-0.4, -0.2) is 51.6 Å². The first-order chi connectivity index (χ1) is 18.7. The number of non-ortho nitro benzene ring substituents is 1. The summed E-state index contributed by atoms with van der Waals surface area (Å²) < 4.78 is 112. The summed E-state index contributed by atoms with van der Waals surface area (Å²) in [5.41, 5.74) is -0.954. The van der Waals surface area contributed by atoms with E-state index in [-0.39, 0.29) is 25.0 Å². The molecule has 0 fully saturated rings. The third kappa shape index (κ3) is 6.22. The fourth-order valence-corrected chi connectivity index (χ4v) is 5.05. The van der Waals surface area contributed by atoms with Crippen LogP contribution in [-0.2, 0) is 44.8 Å². The average Bonchev–Trinajstić information content (AvgIpc) is 3.31. The molecule has 0 unspecified atom stereocenters. The lowest BCUT2D eigenvalue weighted by atomic mass is 10.0. The molecule has 40 heavy (non-hydrogen) atoms. The quantitative estimate of drug-likeness (QED) is 0.128. The highest BCUT2D eigenvalue weighted by Crippen LogP contribution is 2.30. The van der Waals surface area contributed by atoms with Crippen molar-refractivity contribution in [2.45, 2.75) is 43.1 Å². The summed E-state index contributed by atoms with van der Waals surface area (Å²) in [6, 6.07) is 4.17. The molecular weight excluding hydrogens is 576 g/mol. The number of nitro groups is 1. The summed E-state index contributed by atoms with van der Waals surface area (Å²) in [4.78, 5) is 23.6. The van der Waals surface area contributed by atoms with Crippen molar-refractivity contribution in [3.63, 3.8) is 0 Å². The Morgan fingerprint density at radius 3 is 2.33 bits per heavy atom. The molecule has 0 aliphatic carbocycles. The lowest BCUT2D eigenvalue weighted by Gasteiger charge is -2.29. The van der Waals surface area contributed by atoms with Crippen molar-refractivity contribution in [3.05, 3.63) is 81.2 Å². The van der Waals surface area contributed by atoms with Gasteiger partial charge in [-0.25, -0.2) is 13.2 Å². The van der Waals surface area contributed by atoms with Crippen LogP contribution in [0.1, 0.15) is 23.6 Å².